The van der Waals surface area contributed by atoms with Crippen LogP contribution in [0.15, 0.2) is 0 Å². The zero-order chi connectivity index (χ0) is 13.9. The van der Waals surface area contributed by atoms with Gasteiger partial charge < -0.3 is 10.2 Å². The van der Waals surface area contributed by atoms with Crippen LogP contribution in [0.3, 0.4) is 0 Å². The second kappa shape index (κ2) is 5.72. The normalized spacial score (nSPS) is 24.8. The van der Waals surface area contributed by atoms with Crippen molar-refractivity contribution in [2.24, 2.45) is 11.3 Å². The van der Waals surface area contributed by atoms with E-state index >= 15 is 0 Å². The summed E-state index contributed by atoms with van der Waals surface area (Å²) in [6.45, 7) is 11.3. The molecule has 4 heteroatoms. The Morgan fingerprint density at radius 3 is 2.28 bits per heavy atom. The minimum absolute atomic E-state index is 0.0140. The lowest BCUT2D eigenvalue weighted by Crippen LogP contribution is -2.52. The number of nitrogens with zero attached hydrogens (tertiary/aromatic N) is 1. The maximum Gasteiger partial charge on any atom is 0.219 e. The van der Waals surface area contributed by atoms with E-state index in [0.29, 0.717) is 12.5 Å². The molecule has 0 spiro atoms. The third kappa shape index (κ3) is 5.07. The second-order valence-corrected chi connectivity index (χ2v) is 6.69. The van der Waals surface area contributed by atoms with Gasteiger partial charge in [-0.25, -0.2) is 0 Å². The predicted molar refractivity (Wildman–Crippen MR) is 72.0 cm³/mol. The van der Waals surface area contributed by atoms with Gasteiger partial charge in [0.1, 0.15) is 0 Å². The number of rotatable bonds is 2. The van der Waals surface area contributed by atoms with E-state index in [2.05, 4.69) is 26.1 Å². The molecule has 1 fully saturated rings. The number of piperidine rings is 1. The molecule has 0 aromatic carbocycles. The summed E-state index contributed by atoms with van der Waals surface area (Å²) in [4.78, 5) is 24.6. The Morgan fingerprint density at radius 2 is 1.83 bits per heavy atom. The summed E-state index contributed by atoms with van der Waals surface area (Å²) in [7, 11) is 0. The van der Waals surface area contributed by atoms with Crippen LogP contribution in [0.5, 0.6) is 0 Å². The maximum absolute atomic E-state index is 11.6. The van der Waals surface area contributed by atoms with Gasteiger partial charge in [-0.1, -0.05) is 20.8 Å². The molecule has 0 aromatic heterocycles. The molecule has 1 N–H and O–H groups in total. The van der Waals surface area contributed by atoms with Gasteiger partial charge in [0.15, 0.2) is 0 Å². The summed E-state index contributed by atoms with van der Waals surface area (Å²) in [6, 6.07) is 0.104. The van der Waals surface area contributed by atoms with Gasteiger partial charge in [-0.2, -0.15) is 0 Å². The highest BCUT2D eigenvalue weighted by atomic mass is 16.2. The molecule has 4 nitrogen and oxygen atoms in total. The Hall–Kier alpha value is -1.06. The maximum atomic E-state index is 11.6. The second-order valence-electron chi connectivity index (χ2n) is 6.69. The molecule has 2 unspecified atom stereocenters. The lowest BCUT2D eigenvalue weighted by molar-refractivity contribution is -0.132. The molecule has 0 bridgehead atoms. The standard InChI is InChI=1S/C14H26N2O2/c1-10(17)15-13-6-12(7-14(3,4)5)8-16(9-13)11(2)18/h12-13H,6-9H2,1-5H3,(H,15,17). The quantitative estimate of drug-likeness (QED) is 0.817. The Labute approximate surface area is 110 Å². The van der Waals surface area contributed by atoms with Gasteiger partial charge >= 0.3 is 0 Å². The van der Waals surface area contributed by atoms with Crippen LogP contribution >= 0.6 is 0 Å². The molecule has 0 aromatic rings. The smallest absolute Gasteiger partial charge is 0.219 e. The van der Waals surface area contributed by atoms with Gasteiger partial charge in [0.2, 0.25) is 11.8 Å². The summed E-state index contributed by atoms with van der Waals surface area (Å²) >= 11 is 0. The van der Waals surface area contributed by atoms with Gasteiger partial charge in [0.05, 0.1) is 0 Å². The van der Waals surface area contributed by atoms with Crippen LogP contribution in [-0.4, -0.2) is 35.8 Å². The molecule has 18 heavy (non-hydrogen) atoms. The Morgan fingerprint density at radius 1 is 1.22 bits per heavy atom. The first kappa shape index (κ1) is 15.0. The predicted octanol–water partition coefficient (Wildman–Crippen LogP) is 1.80. The first-order valence-electron chi connectivity index (χ1n) is 6.70. The minimum atomic E-state index is -0.0140. The molecule has 2 atom stereocenters. The lowest BCUT2D eigenvalue weighted by Gasteiger charge is -2.39. The average Bonchev–Trinajstić information content (AvgIpc) is 2.12. The van der Waals surface area contributed by atoms with E-state index in [1.807, 2.05) is 4.90 Å². The van der Waals surface area contributed by atoms with Crippen LogP contribution in [0, 0.1) is 11.3 Å². The lowest BCUT2D eigenvalue weighted by atomic mass is 9.80. The molecular formula is C14H26N2O2. The van der Waals surface area contributed by atoms with Crippen molar-refractivity contribution in [3.05, 3.63) is 0 Å². The van der Waals surface area contributed by atoms with Gasteiger partial charge in [0.25, 0.3) is 0 Å². The van der Waals surface area contributed by atoms with Crippen molar-refractivity contribution < 1.29 is 9.59 Å². The number of nitrogens with one attached hydrogen (secondary N) is 1. The van der Waals surface area contributed by atoms with Gasteiger partial charge in [0, 0.05) is 33.0 Å². The molecule has 104 valence electrons. The van der Waals surface area contributed by atoms with Crippen LogP contribution in [0.25, 0.3) is 0 Å². The summed E-state index contributed by atoms with van der Waals surface area (Å²) in [6.07, 6.45) is 2.05. The first-order chi connectivity index (χ1) is 8.17. The van der Waals surface area contributed by atoms with Crippen molar-refractivity contribution in [1.82, 2.24) is 10.2 Å². The Balaban J connectivity index is 2.68. The number of carbonyl (C=O) groups excluding carboxylic acids is 2. The minimum Gasteiger partial charge on any atom is -0.352 e. The highest BCUT2D eigenvalue weighted by Crippen LogP contribution is 2.30. The molecular weight excluding hydrogens is 228 g/mol. The number of amides is 2. The molecule has 2 amide bonds. The third-order valence-electron chi connectivity index (χ3n) is 3.29. The van der Waals surface area contributed by atoms with E-state index in [4.69, 9.17) is 0 Å². The number of carbonyl (C=O) groups is 2. The molecule has 0 saturated carbocycles. The van der Waals surface area contributed by atoms with Gasteiger partial charge in [-0.3, -0.25) is 9.59 Å². The number of likely N-dealkylation sites (tertiary alicyclic amines) is 1. The molecule has 1 aliphatic rings. The van der Waals surface area contributed by atoms with Crippen LogP contribution < -0.4 is 5.32 Å². The fraction of sp³-hybridized carbons (Fsp3) is 0.857. The van der Waals surface area contributed by atoms with Crippen molar-refractivity contribution in [2.75, 3.05) is 13.1 Å². The summed E-state index contributed by atoms with van der Waals surface area (Å²) in [5.74, 6) is 0.559. The highest BCUT2D eigenvalue weighted by molar-refractivity contribution is 5.75. The van der Waals surface area contributed by atoms with E-state index in [1.54, 1.807) is 6.92 Å². The summed E-state index contributed by atoms with van der Waals surface area (Å²) < 4.78 is 0. The molecule has 0 radical (unpaired) electrons. The average molecular weight is 254 g/mol. The number of hydrogen-bond acceptors (Lipinski definition) is 2. The highest BCUT2D eigenvalue weighted by Gasteiger charge is 2.31. The molecule has 1 rings (SSSR count). The Bertz CT molecular complexity index is 320. The largest absolute Gasteiger partial charge is 0.352 e. The summed E-state index contributed by atoms with van der Waals surface area (Å²) in [5, 5.41) is 2.95. The van der Waals surface area contributed by atoms with Crippen LogP contribution in [0.1, 0.15) is 47.5 Å². The zero-order valence-electron chi connectivity index (χ0n) is 12.2. The molecule has 1 saturated heterocycles. The third-order valence-corrected chi connectivity index (χ3v) is 3.29. The molecule has 1 heterocycles. The van der Waals surface area contributed by atoms with Gasteiger partial charge in [-0.05, 0) is 24.2 Å². The van der Waals surface area contributed by atoms with Crippen LogP contribution in [-0.2, 0) is 9.59 Å². The number of hydrogen-bond donors (Lipinski definition) is 1. The molecule has 0 aliphatic carbocycles. The van der Waals surface area contributed by atoms with Crippen molar-refractivity contribution in [3.63, 3.8) is 0 Å². The van der Waals surface area contributed by atoms with E-state index in [9.17, 15) is 9.59 Å². The van der Waals surface area contributed by atoms with E-state index in [-0.39, 0.29) is 23.3 Å². The zero-order valence-corrected chi connectivity index (χ0v) is 12.2. The Kier molecular flexibility index (Phi) is 4.77. The van der Waals surface area contributed by atoms with E-state index in [0.717, 1.165) is 19.4 Å². The van der Waals surface area contributed by atoms with E-state index in [1.165, 1.54) is 6.92 Å². The summed E-state index contributed by atoms with van der Waals surface area (Å²) in [5.41, 5.74) is 0.255. The fourth-order valence-corrected chi connectivity index (χ4v) is 2.87. The SMILES string of the molecule is CC(=O)NC1CC(CC(C)(C)C)CN(C(C)=O)C1. The topological polar surface area (TPSA) is 49.4 Å². The monoisotopic (exact) mass is 254 g/mol. The van der Waals surface area contributed by atoms with E-state index < -0.39 is 0 Å². The van der Waals surface area contributed by atoms with Crippen LogP contribution in [0.4, 0.5) is 0 Å². The first-order valence-corrected chi connectivity index (χ1v) is 6.70. The van der Waals surface area contributed by atoms with Crippen LogP contribution in [0.2, 0.25) is 0 Å². The van der Waals surface area contributed by atoms with Crippen molar-refractivity contribution in [1.29, 1.82) is 0 Å². The van der Waals surface area contributed by atoms with Gasteiger partial charge in [-0.15, -0.1) is 0 Å². The van der Waals surface area contributed by atoms with Crippen molar-refractivity contribution in [2.45, 2.75) is 53.5 Å². The van der Waals surface area contributed by atoms with Crippen molar-refractivity contribution in [3.8, 4) is 0 Å². The van der Waals surface area contributed by atoms with Crippen molar-refractivity contribution >= 4 is 11.8 Å². The fourth-order valence-electron chi connectivity index (χ4n) is 2.87. The molecule has 1 aliphatic heterocycles.